The van der Waals surface area contributed by atoms with Gasteiger partial charge in [0.25, 0.3) is 0 Å². The Morgan fingerprint density at radius 3 is 1.41 bits per heavy atom. The lowest BCUT2D eigenvalue weighted by molar-refractivity contribution is 1.16. The molecule has 0 saturated heterocycles. The van der Waals surface area contributed by atoms with Crippen molar-refractivity contribution in [2.24, 2.45) is 0 Å². The Morgan fingerprint density at radius 1 is 0.230 bits per heavy atom. The van der Waals surface area contributed by atoms with Gasteiger partial charge in [-0.25, -0.2) is 0 Å². The van der Waals surface area contributed by atoms with Crippen molar-refractivity contribution < 1.29 is 0 Å². The fraction of sp³-hybridized carbons (Fsp3) is 0. The van der Waals surface area contributed by atoms with E-state index in [0.29, 0.717) is 0 Å². The molecule has 2 aliphatic rings. The van der Waals surface area contributed by atoms with Crippen molar-refractivity contribution in [3.05, 3.63) is 267 Å². The van der Waals surface area contributed by atoms with Gasteiger partial charge >= 0.3 is 0 Å². The Bertz CT molecular complexity index is 4350. The second-order valence-corrected chi connectivity index (χ2v) is 21.3. The van der Waals surface area contributed by atoms with Crippen molar-refractivity contribution in [3.8, 4) is 44.5 Å². The first-order valence-electron chi connectivity index (χ1n) is 25.2. The van der Waals surface area contributed by atoms with Gasteiger partial charge in [-0.15, -0.1) is 0 Å². The molecular weight excluding hydrogens is 933 g/mol. The summed E-state index contributed by atoms with van der Waals surface area (Å²) in [5, 5.41) is 9.95. The highest BCUT2D eigenvalue weighted by molar-refractivity contribution is 8.00. The third-order valence-electron chi connectivity index (χ3n) is 15.0. The molecule has 2 nitrogen and oxygen atoms in total. The average molecular weight is 977 g/mol. The molecule has 0 aromatic heterocycles. The third-order valence-corrected chi connectivity index (χ3v) is 17.3. The van der Waals surface area contributed by atoms with Crippen LogP contribution >= 0.6 is 23.5 Å². The van der Waals surface area contributed by atoms with Gasteiger partial charge < -0.3 is 9.80 Å². The van der Waals surface area contributed by atoms with E-state index in [1.54, 1.807) is 0 Å². The largest absolute Gasteiger partial charge is 0.308 e. The number of hydrogen-bond acceptors (Lipinski definition) is 4. The van der Waals surface area contributed by atoms with Crippen LogP contribution < -0.4 is 9.80 Å². The molecule has 346 valence electrons. The van der Waals surface area contributed by atoms with Crippen LogP contribution in [-0.4, -0.2) is 0 Å². The molecule has 2 aliphatic heterocycles. The lowest BCUT2D eigenvalue weighted by Crippen LogP contribution is -2.15. The van der Waals surface area contributed by atoms with Crippen LogP contribution in [0.3, 0.4) is 0 Å². The van der Waals surface area contributed by atoms with E-state index in [1.165, 1.54) is 136 Å². The van der Waals surface area contributed by atoms with Crippen LogP contribution in [0.4, 0.5) is 34.1 Å². The molecule has 0 atom stereocenters. The van der Waals surface area contributed by atoms with E-state index in [2.05, 4.69) is 277 Å². The van der Waals surface area contributed by atoms with Crippen LogP contribution in [0.5, 0.6) is 0 Å². The first-order valence-corrected chi connectivity index (χ1v) is 26.9. The zero-order valence-electron chi connectivity index (χ0n) is 40.1. The average Bonchev–Trinajstić information content (AvgIpc) is 3.50. The first kappa shape index (κ1) is 42.8. The number of nitrogens with zero attached hydrogens (tertiary/aromatic N) is 2. The molecule has 13 aromatic rings. The lowest BCUT2D eigenvalue weighted by Gasteiger charge is -2.35. The van der Waals surface area contributed by atoms with E-state index in [-0.39, 0.29) is 0 Å². The van der Waals surface area contributed by atoms with Crippen LogP contribution in [0.2, 0.25) is 0 Å². The van der Waals surface area contributed by atoms with Gasteiger partial charge in [-0.1, -0.05) is 224 Å². The summed E-state index contributed by atoms with van der Waals surface area (Å²) in [5.74, 6) is 0. The number of benzene rings is 13. The minimum atomic E-state index is 1.13. The molecule has 74 heavy (non-hydrogen) atoms. The summed E-state index contributed by atoms with van der Waals surface area (Å²) < 4.78 is 0. The van der Waals surface area contributed by atoms with Gasteiger partial charge in [0, 0.05) is 30.7 Å². The summed E-state index contributed by atoms with van der Waals surface area (Å²) in [7, 11) is 0. The van der Waals surface area contributed by atoms with Crippen molar-refractivity contribution >= 4 is 101 Å². The van der Waals surface area contributed by atoms with Crippen molar-refractivity contribution in [1.29, 1.82) is 0 Å². The van der Waals surface area contributed by atoms with Crippen molar-refractivity contribution in [1.82, 2.24) is 0 Å². The molecule has 0 saturated carbocycles. The van der Waals surface area contributed by atoms with E-state index in [4.69, 9.17) is 0 Å². The van der Waals surface area contributed by atoms with Gasteiger partial charge in [-0.2, -0.15) is 0 Å². The number of hydrogen-bond donors (Lipinski definition) is 0. The smallest absolute Gasteiger partial charge is 0.0608 e. The summed E-state index contributed by atoms with van der Waals surface area (Å²) in [4.78, 5) is 9.93. The highest BCUT2D eigenvalue weighted by Crippen LogP contribution is 2.57. The summed E-state index contributed by atoms with van der Waals surface area (Å²) in [6.45, 7) is 0. The van der Waals surface area contributed by atoms with Gasteiger partial charge in [0.05, 0.1) is 28.4 Å². The lowest BCUT2D eigenvalue weighted by atomic mass is 9.85. The summed E-state index contributed by atoms with van der Waals surface area (Å²) in [6.07, 6.45) is 0. The molecule has 13 aromatic carbocycles. The Balaban J connectivity index is 0.844. The van der Waals surface area contributed by atoms with E-state index in [9.17, 15) is 0 Å². The number of anilines is 6. The second-order valence-electron chi connectivity index (χ2n) is 19.2. The molecule has 0 spiro atoms. The molecule has 0 unspecified atom stereocenters. The van der Waals surface area contributed by atoms with Crippen molar-refractivity contribution in [2.75, 3.05) is 9.80 Å². The number of rotatable bonds is 6. The Morgan fingerprint density at radius 2 is 0.689 bits per heavy atom. The maximum atomic E-state index is 2.48. The molecule has 15 rings (SSSR count). The zero-order valence-corrected chi connectivity index (χ0v) is 41.7. The summed E-state index contributed by atoms with van der Waals surface area (Å²) >= 11 is 3.74. The van der Waals surface area contributed by atoms with E-state index in [1.807, 2.05) is 23.5 Å². The molecule has 2 heterocycles. The summed E-state index contributed by atoms with van der Waals surface area (Å²) in [6, 6.07) is 98.6. The minimum absolute atomic E-state index is 1.13. The fourth-order valence-electron chi connectivity index (χ4n) is 11.6. The van der Waals surface area contributed by atoms with E-state index >= 15 is 0 Å². The van der Waals surface area contributed by atoms with Crippen LogP contribution in [-0.2, 0) is 0 Å². The zero-order chi connectivity index (χ0) is 48.7. The predicted molar refractivity (Wildman–Crippen MR) is 316 cm³/mol. The normalized spacial score (nSPS) is 12.7. The Labute approximate surface area is 438 Å². The molecular formula is C70H44N2S2. The van der Waals surface area contributed by atoms with Gasteiger partial charge in [-0.05, 0) is 149 Å². The van der Waals surface area contributed by atoms with Crippen LogP contribution in [0, 0.1) is 0 Å². The minimum Gasteiger partial charge on any atom is -0.308 e. The van der Waals surface area contributed by atoms with Crippen molar-refractivity contribution in [3.63, 3.8) is 0 Å². The van der Waals surface area contributed by atoms with Crippen LogP contribution in [0.15, 0.2) is 287 Å². The predicted octanol–water partition coefficient (Wildman–Crippen LogP) is 20.8. The monoisotopic (exact) mass is 976 g/mol. The second kappa shape index (κ2) is 17.5. The van der Waals surface area contributed by atoms with Crippen molar-refractivity contribution in [2.45, 2.75) is 19.6 Å². The van der Waals surface area contributed by atoms with Crippen LogP contribution in [0.25, 0.3) is 87.6 Å². The number of para-hydroxylation sites is 1. The van der Waals surface area contributed by atoms with E-state index < -0.39 is 0 Å². The van der Waals surface area contributed by atoms with Gasteiger partial charge in [0.2, 0.25) is 0 Å². The van der Waals surface area contributed by atoms with Gasteiger partial charge in [0.1, 0.15) is 0 Å². The first-order chi connectivity index (χ1) is 36.7. The molecule has 0 bridgehead atoms. The maximum Gasteiger partial charge on any atom is 0.0608 e. The number of fused-ring (bicyclic) bond motifs is 9. The maximum absolute atomic E-state index is 2.48. The quantitative estimate of drug-likeness (QED) is 0.153. The molecule has 0 fully saturated rings. The molecule has 0 aliphatic carbocycles. The molecule has 0 N–H and O–H groups in total. The standard InChI is InChI=1S/C70H44N2S2/c1-2-17-45(18-3-1)48-22-14-23-51(41-48)68-56-28-8-10-30-58(56)69(59-31-11-9-29-57(59)68)52-24-15-25-53(42-52)71-61-32-12-13-34-65(61)73-66-43-49(36-38-62(66)71)50-37-39-63-67(44-50)74-70-55-27-7-5-20-47(55)35-40-64(70)72(63)60-33-16-21-46-19-4-6-26-54(46)60/h1-44H. The Hall–Kier alpha value is -8.80. The Kier molecular flexibility index (Phi) is 10.1. The fourth-order valence-corrected chi connectivity index (χ4v) is 14.0. The van der Waals surface area contributed by atoms with Crippen LogP contribution in [0.1, 0.15) is 0 Å². The topological polar surface area (TPSA) is 6.48 Å². The molecule has 0 radical (unpaired) electrons. The van der Waals surface area contributed by atoms with Gasteiger partial charge in [0.15, 0.2) is 0 Å². The SMILES string of the molecule is c1ccc(-c2cccc(-c3c4ccccc4c(-c4cccc(N5c6ccccc6Sc6cc(-c7ccc8c(c7)Sc7c(ccc9ccccc79)N8c7cccc8ccccc78)ccc65)c4)c4ccccc34)c2)cc1. The highest BCUT2D eigenvalue weighted by Gasteiger charge is 2.30. The third kappa shape index (κ3) is 6.98. The highest BCUT2D eigenvalue weighted by atomic mass is 32.2. The van der Waals surface area contributed by atoms with E-state index in [0.717, 1.165) is 5.69 Å². The molecule has 4 heteroatoms. The summed E-state index contributed by atoms with van der Waals surface area (Å²) in [5.41, 5.74) is 16.8. The molecule has 0 amide bonds. The van der Waals surface area contributed by atoms with Gasteiger partial charge in [-0.3, -0.25) is 0 Å².